The van der Waals surface area contributed by atoms with E-state index in [1.165, 1.54) is 24.3 Å². The molecule has 6 heteroatoms. The molecule has 0 aliphatic carbocycles. The van der Waals surface area contributed by atoms with E-state index in [1.54, 1.807) is 18.2 Å². The van der Waals surface area contributed by atoms with Crippen molar-refractivity contribution in [2.24, 2.45) is 4.99 Å². The zero-order chi connectivity index (χ0) is 14.8. The van der Waals surface area contributed by atoms with Crippen molar-refractivity contribution in [2.75, 3.05) is 13.2 Å². The first-order valence-corrected chi connectivity index (χ1v) is 6.38. The summed E-state index contributed by atoms with van der Waals surface area (Å²) >= 11 is 0. The smallest absolute Gasteiger partial charge is 0.270 e. The van der Waals surface area contributed by atoms with E-state index >= 15 is 0 Å². The first-order chi connectivity index (χ1) is 10.2. The van der Waals surface area contributed by atoms with Crippen molar-refractivity contribution >= 4 is 11.4 Å². The number of halogens is 1. The molecule has 0 bridgehead atoms. The molecule has 5 nitrogen and oxygen atoms in total. The standard InChI is InChI=1S/C15H11FN2O3/c16-13-4-2-1-3-11(13)15-12-9-10(18(19)20)5-6-14(12)21-8-7-17-15/h1-6,9H,7-8H2. The first kappa shape index (κ1) is 13.2. The van der Waals surface area contributed by atoms with Gasteiger partial charge in [-0.3, -0.25) is 15.1 Å². The Balaban J connectivity index is 2.20. The Labute approximate surface area is 119 Å². The highest BCUT2D eigenvalue weighted by molar-refractivity contribution is 6.15. The normalized spacial score (nSPS) is 13.7. The number of nitrogens with zero attached hydrogens (tertiary/aromatic N) is 2. The largest absolute Gasteiger partial charge is 0.491 e. The summed E-state index contributed by atoms with van der Waals surface area (Å²) < 4.78 is 19.5. The maximum atomic E-state index is 14.0. The highest BCUT2D eigenvalue weighted by Gasteiger charge is 2.21. The average molecular weight is 286 g/mol. The van der Waals surface area contributed by atoms with Crippen LogP contribution in [0, 0.1) is 15.9 Å². The second kappa shape index (κ2) is 5.32. The van der Waals surface area contributed by atoms with Crippen molar-refractivity contribution in [3.05, 3.63) is 69.5 Å². The molecular weight excluding hydrogens is 275 g/mol. The third-order valence-electron chi connectivity index (χ3n) is 3.18. The summed E-state index contributed by atoms with van der Waals surface area (Å²) in [5.74, 6) is 0.0516. The Morgan fingerprint density at radius 3 is 2.76 bits per heavy atom. The minimum atomic E-state index is -0.496. The number of rotatable bonds is 2. The SMILES string of the molecule is O=[N+]([O-])c1ccc2c(c1)C(c1ccccc1F)=NCCO2. The molecule has 0 saturated carbocycles. The fourth-order valence-electron chi connectivity index (χ4n) is 2.22. The second-order valence-electron chi connectivity index (χ2n) is 4.50. The summed E-state index contributed by atoms with van der Waals surface area (Å²) in [5.41, 5.74) is 1.05. The summed E-state index contributed by atoms with van der Waals surface area (Å²) in [7, 11) is 0. The maximum absolute atomic E-state index is 14.0. The van der Waals surface area contributed by atoms with Crippen molar-refractivity contribution in [3.63, 3.8) is 0 Å². The lowest BCUT2D eigenvalue weighted by Crippen LogP contribution is -2.07. The molecule has 1 heterocycles. The molecule has 0 aromatic heterocycles. The minimum absolute atomic E-state index is 0.0803. The van der Waals surface area contributed by atoms with Crippen LogP contribution in [0.3, 0.4) is 0 Å². The van der Waals surface area contributed by atoms with E-state index in [4.69, 9.17) is 4.74 Å². The van der Waals surface area contributed by atoms with Crippen LogP contribution in [0.25, 0.3) is 0 Å². The molecule has 1 aliphatic heterocycles. The monoisotopic (exact) mass is 286 g/mol. The van der Waals surface area contributed by atoms with Crippen LogP contribution >= 0.6 is 0 Å². The fraction of sp³-hybridized carbons (Fsp3) is 0.133. The van der Waals surface area contributed by atoms with Crippen LogP contribution in [-0.2, 0) is 0 Å². The first-order valence-electron chi connectivity index (χ1n) is 6.38. The lowest BCUT2D eigenvalue weighted by Gasteiger charge is -2.10. The van der Waals surface area contributed by atoms with Gasteiger partial charge < -0.3 is 4.74 Å². The molecule has 0 N–H and O–H groups in total. The molecule has 0 amide bonds. The van der Waals surface area contributed by atoms with Crippen LogP contribution < -0.4 is 4.74 Å². The lowest BCUT2D eigenvalue weighted by molar-refractivity contribution is -0.384. The molecule has 0 spiro atoms. The molecule has 0 atom stereocenters. The number of aliphatic imine (C=N–C) groups is 1. The molecule has 0 unspecified atom stereocenters. The van der Waals surface area contributed by atoms with Crippen LogP contribution in [0.5, 0.6) is 5.75 Å². The van der Waals surface area contributed by atoms with Crippen molar-refractivity contribution < 1.29 is 14.1 Å². The van der Waals surface area contributed by atoms with E-state index < -0.39 is 10.7 Å². The molecule has 21 heavy (non-hydrogen) atoms. The number of nitro groups is 1. The van der Waals surface area contributed by atoms with E-state index in [-0.39, 0.29) is 5.69 Å². The van der Waals surface area contributed by atoms with Gasteiger partial charge in [0, 0.05) is 23.3 Å². The average Bonchev–Trinajstić information content (AvgIpc) is 2.69. The predicted octanol–water partition coefficient (Wildman–Crippen LogP) is 2.96. The van der Waals surface area contributed by atoms with E-state index in [9.17, 15) is 14.5 Å². The number of nitro benzene ring substituents is 1. The highest BCUT2D eigenvalue weighted by Crippen LogP contribution is 2.29. The van der Waals surface area contributed by atoms with Crippen molar-refractivity contribution in [1.82, 2.24) is 0 Å². The topological polar surface area (TPSA) is 64.7 Å². The van der Waals surface area contributed by atoms with Crippen LogP contribution in [-0.4, -0.2) is 23.8 Å². The number of fused-ring (bicyclic) bond motifs is 1. The van der Waals surface area contributed by atoms with E-state index in [0.717, 1.165) is 0 Å². The van der Waals surface area contributed by atoms with Crippen LogP contribution in [0.4, 0.5) is 10.1 Å². The van der Waals surface area contributed by atoms with Gasteiger partial charge >= 0.3 is 0 Å². The third kappa shape index (κ3) is 2.47. The highest BCUT2D eigenvalue weighted by atomic mass is 19.1. The van der Waals surface area contributed by atoms with E-state index in [2.05, 4.69) is 4.99 Å². The molecular formula is C15H11FN2O3. The number of hydrogen-bond donors (Lipinski definition) is 0. The minimum Gasteiger partial charge on any atom is -0.491 e. The molecule has 2 aromatic carbocycles. The lowest BCUT2D eigenvalue weighted by atomic mass is 10.0. The molecule has 3 rings (SSSR count). The third-order valence-corrected chi connectivity index (χ3v) is 3.18. The number of non-ortho nitro benzene ring substituents is 1. The molecule has 0 saturated heterocycles. The molecule has 0 fully saturated rings. The quantitative estimate of drug-likeness (QED) is 0.629. The van der Waals surface area contributed by atoms with Gasteiger partial charge in [0.05, 0.1) is 17.2 Å². The van der Waals surface area contributed by atoms with Gasteiger partial charge in [0.2, 0.25) is 0 Å². The fourth-order valence-corrected chi connectivity index (χ4v) is 2.22. The molecule has 2 aromatic rings. The Bertz CT molecular complexity index is 743. The van der Waals surface area contributed by atoms with Crippen LogP contribution in [0.15, 0.2) is 47.5 Å². The summed E-state index contributed by atoms with van der Waals surface area (Å²) in [6.07, 6.45) is 0. The van der Waals surface area contributed by atoms with E-state index in [1.807, 2.05) is 0 Å². The Morgan fingerprint density at radius 2 is 2.00 bits per heavy atom. The summed E-state index contributed by atoms with van der Waals surface area (Å²) in [5, 5.41) is 10.9. The number of ether oxygens (including phenoxy) is 1. The van der Waals surface area contributed by atoms with Gasteiger partial charge in [-0.05, 0) is 18.2 Å². The Kier molecular flexibility index (Phi) is 3.35. The molecule has 106 valence electrons. The number of benzene rings is 2. The molecule has 1 aliphatic rings. The van der Waals surface area contributed by atoms with Crippen LogP contribution in [0.2, 0.25) is 0 Å². The molecule has 0 radical (unpaired) electrons. The summed E-state index contributed by atoms with van der Waals surface area (Å²) in [4.78, 5) is 14.8. The van der Waals surface area contributed by atoms with Gasteiger partial charge in [0.25, 0.3) is 5.69 Å². The summed E-state index contributed by atoms with van der Waals surface area (Å²) in [6.45, 7) is 0.717. The Morgan fingerprint density at radius 1 is 1.19 bits per heavy atom. The Hall–Kier alpha value is -2.76. The van der Waals surface area contributed by atoms with Gasteiger partial charge in [0.15, 0.2) is 0 Å². The number of hydrogen-bond acceptors (Lipinski definition) is 4. The van der Waals surface area contributed by atoms with Crippen LogP contribution in [0.1, 0.15) is 11.1 Å². The zero-order valence-electron chi connectivity index (χ0n) is 11.0. The van der Waals surface area contributed by atoms with E-state index in [0.29, 0.717) is 35.7 Å². The van der Waals surface area contributed by atoms with Gasteiger partial charge in [0.1, 0.15) is 18.2 Å². The maximum Gasteiger partial charge on any atom is 0.270 e. The van der Waals surface area contributed by atoms with Crippen molar-refractivity contribution in [1.29, 1.82) is 0 Å². The van der Waals surface area contributed by atoms with Gasteiger partial charge in [-0.1, -0.05) is 12.1 Å². The van der Waals surface area contributed by atoms with Gasteiger partial charge in [-0.15, -0.1) is 0 Å². The van der Waals surface area contributed by atoms with Crippen molar-refractivity contribution in [3.8, 4) is 5.75 Å². The predicted molar refractivity (Wildman–Crippen MR) is 75.5 cm³/mol. The second-order valence-corrected chi connectivity index (χ2v) is 4.50. The van der Waals surface area contributed by atoms with Gasteiger partial charge in [-0.25, -0.2) is 4.39 Å². The van der Waals surface area contributed by atoms with Gasteiger partial charge in [-0.2, -0.15) is 0 Å². The summed E-state index contributed by atoms with van der Waals surface area (Å²) in [6, 6.07) is 10.5. The van der Waals surface area contributed by atoms with Crippen molar-refractivity contribution in [2.45, 2.75) is 0 Å². The zero-order valence-corrected chi connectivity index (χ0v) is 11.0.